The van der Waals surface area contributed by atoms with Crippen molar-refractivity contribution < 1.29 is 23.5 Å². The number of hydrazine groups is 1. The molecular weight excluding hydrogens is 377 g/mol. The third-order valence-electron chi connectivity index (χ3n) is 4.78. The van der Waals surface area contributed by atoms with E-state index in [4.69, 9.17) is 4.74 Å². The van der Waals surface area contributed by atoms with Crippen LogP contribution >= 0.6 is 11.8 Å². The van der Waals surface area contributed by atoms with Crippen LogP contribution in [0.1, 0.15) is 26.7 Å². The van der Waals surface area contributed by atoms with Crippen LogP contribution in [0, 0.1) is 11.8 Å². The Labute approximate surface area is 161 Å². The molecule has 3 aliphatic rings. The van der Waals surface area contributed by atoms with Crippen molar-refractivity contribution >= 4 is 29.7 Å². The molecule has 0 radical (unpaired) electrons. The number of nitrogens with zero attached hydrogens (tertiary/aromatic N) is 1. The van der Waals surface area contributed by atoms with Gasteiger partial charge < -0.3 is 10.1 Å². The molecule has 0 aromatic carbocycles. The van der Waals surface area contributed by atoms with Gasteiger partial charge in [-0.05, 0) is 20.3 Å². The van der Waals surface area contributed by atoms with Gasteiger partial charge in [0.1, 0.15) is 5.50 Å². The lowest BCUT2D eigenvalue weighted by atomic mass is 10.0. The van der Waals surface area contributed by atoms with Crippen LogP contribution in [0.4, 0.5) is 9.18 Å². The lowest BCUT2D eigenvalue weighted by molar-refractivity contribution is -0.128. The molecule has 0 saturated carbocycles. The molecule has 3 rings (SSSR count). The lowest BCUT2D eigenvalue weighted by Gasteiger charge is -2.35. The monoisotopic (exact) mass is 403 g/mol. The average molecular weight is 403 g/mol. The topological polar surface area (TPSA) is 112 Å². The minimum Gasteiger partial charge on any atom is -0.447 e. The highest BCUT2D eigenvalue weighted by molar-refractivity contribution is 8.00. The van der Waals surface area contributed by atoms with Crippen molar-refractivity contribution in [3.63, 3.8) is 0 Å². The van der Waals surface area contributed by atoms with Gasteiger partial charge in [0.25, 0.3) is 0 Å². The Hall–Kier alpha value is -1.43. The first kappa shape index (κ1) is 20.3. The number of rotatable bonds is 4. The summed E-state index contributed by atoms with van der Waals surface area (Å²) in [7, 11) is 0. The fourth-order valence-corrected chi connectivity index (χ4v) is 4.72. The second kappa shape index (κ2) is 8.72. The van der Waals surface area contributed by atoms with Crippen LogP contribution in [0.2, 0.25) is 0 Å². The molecule has 0 spiro atoms. The quantitative estimate of drug-likeness (QED) is 0.515. The highest BCUT2D eigenvalue weighted by atomic mass is 32.2. The van der Waals surface area contributed by atoms with E-state index in [2.05, 4.69) is 21.4 Å². The number of carbonyl (C=O) groups excluding carboxylic acids is 3. The van der Waals surface area contributed by atoms with Gasteiger partial charge in [0.05, 0.1) is 29.5 Å². The summed E-state index contributed by atoms with van der Waals surface area (Å²) in [5.41, 5.74) is 1.94. The summed E-state index contributed by atoms with van der Waals surface area (Å²) in [6.07, 6.45) is -0.0900. The number of ether oxygens (including phenoxy) is 1. The fraction of sp³-hybridized carbons (Fsp3) is 0.812. The first-order valence-electron chi connectivity index (χ1n) is 9.18. The molecule has 5 atom stereocenters. The zero-order valence-electron chi connectivity index (χ0n) is 15.4. The van der Waals surface area contributed by atoms with Gasteiger partial charge in [0.15, 0.2) is 0 Å². The molecule has 9 nitrogen and oxygen atoms in total. The highest BCUT2D eigenvalue weighted by Crippen LogP contribution is 2.38. The van der Waals surface area contributed by atoms with E-state index in [0.29, 0.717) is 13.1 Å². The maximum atomic E-state index is 13.9. The average Bonchev–Trinajstić information content (AvgIpc) is 3.19. The van der Waals surface area contributed by atoms with E-state index < -0.39 is 28.8 Å². The minimum absolute atomic E-state index is 0.0604. The molecule has 5 unspecified atom stereocenters. The SMILES string of the molecule is CC(C)OC(=O)NC(=O)C1CC(F)SC1NC(=O)C1CNC2CCNN2C1. The first-order chi connectivity index (χ1) is 12.8. The van der Waals surface area contributed by atoms with Gasteiger partial charge in [-0.15, -0.1) is 0 Å². The number of nitrogens with one attached hydrogen (secondary N) is 4. The van der Waals surface area contributed by atoms with Gasteiger partial charge >= 0.3 is 6.09 Å². The van der Waals surface area contributed by atoms with Crippen LogP contribution in [0.15, 0.2) is 0 Å². The van der Waals surface area contributed by atoms with Gasteiger partial charge in [-0.25, -0.2) is 14.2 Å². The second-order valence-corrected chi connectivity index (χ2v) is 8.52. The number of alkyl carbamates (subject to hydrolysis) is 1. The predicted octanol–water partition coefficient (Wildman–Crippen LogP) is -0.106. The number of carbonyl (C=O) groups is 3. The summed E-state index contributed by atoms with van der Waals surface area (Å²) < 4.78 is 18.8. The third-order valence-corrected chi connectivity index (χ3v) is 6.01. The van der Waals surface area contributed by atoms with E-state index in [1.165, 1.54) is 0 Å². The van der Waals surface area contributed by atoms with E-state index in [9.17, 15) is 18.8 Å². The molecule has 0 bridgehead atoms. The van der Waals surface area contributed by atoms with E-state index in [-0.39, 0.29) is 30.5 Å². The molecule has 3 saturated heterocycles. The number of hydrogen-bond acceptors (Lipinski definition) is 8. The smallest absolute Gasteiger partial charge is 0.414 e. The number of hydrogen-bond donors (Lipinski definition) is 4. The second-order valence-electron chi connectivity index (χ2n) is 7.23. The number of alkyl halides is 1. The van der Waals surface area contributed by atoms with E-state index in [0.717, 1.165) is 24.7 Å². The van der Waals surface area contributed by atoms with Crippen LogP contribution < -0.4 is 21.4 Å². The number of halogens is 1. The molecule has 4 N–H and O–H groups in total. The Balaban J connectivity index is 1.55. The molecule has 0 aromatic heterocycles. The maximum absolute atomic E-state index is 13.9. The Bertz CT molecular complexity index is 595. The van der Waals surface area contributed by atoms with Gasteiger partial charge in [-0.2, -0.15) is 0 Å². The van der Waals surface area contributed by atoms with Crippen molar-refractivity contribution in [2.75, 3.05) is 19.6 Å². The number of fused-ring (bicyclic) bond motifs is 1. The molecule has 0 aliphatic carbocycles. The Morgan fingerprint density at radius 1 is 1.30 bits per heavy atom. The Kier molecular flexibility index (Phi) is 6.56. The van der Waals surface area contributed by atoms with Gasteiger partial charge in [-0.1, -0.05) is 11.8 Å². The van der Waals surface area contributed by atoms with Crippen molar-refractivity contribution in [3.05, 3.63) is 0 Å². The van der Waals surface area contributed by atoms with Gasteiger partial charge in [0.2, 0.25) is 11.8 Å². The van der Waals surface area contributed by atoms with E-state index >= 15 is 0 Å². The fourth-order valence-electron chi connectivity index (χ4n) is 3.48. The van der Waals surface area contributed by atoms with Gasteiger partial charge in [-0.3, -0.25) is 25.6 Å². The molecule has 3 aliphatic heterocycles. The summed E-state index contributed by atoms with van der Waals surface area (Å²) in [4.78, 5) is 36.6. The number of thioether (sulfide) groups is 1. The van der Waals surface area contributed by atoms with E-state index in [1.54, 1.807) is 13.8 Å². The molecular formula is C16H26FN5O4S. The zero-order valence-corrected chi connectivity index (χ0v) is 16.2. The highest BCUT2D eigenvalue weighted by Gasteiger charge is 2.43. The molecule has 152 valence electrons. The summed E-state index contributed by atoms with van der Waals surface area (Å²) in [6.45, 7) is 5.27. The Morgan fingerprint density at radius 3 is 2.81 bits per heavy atom. The molecule has 27 heavy (non-hydrogen) atoms. The van der Waals surface area contributed by atoms with E-state index in [1.807, 2.05) is 5.01 Å². The molecule has 3 amide bonds. The standard InChI is InChI=1S/C16H26FN5O4S/c1-8(2)26-16(25)21-14(24)10-5-11(17)27-15(10)20-13(23)9-6-18-12-3-4-19-22(12)7-9/h8-12,15,18-19H,3-7H2,1-2H3,(H,20,23)(H,21,24,25). The van der Waals surface area contributed by atoms with Crippen molar-refractivity contribution in [2.24, 2.45) is 11.8 Å². The predicted molar refractivity (Wildman–Crippen MR) is 96.9 cm³/mol. The van der Waals surface area contributed by atoms with Crippen LogP contribution in [0.25, 0.3) is 0 Å². The molecule has 11 heteroatoms. The van der Waals surface area contributed by atoms with Crippen LogP contribution in [0.5, 0.6) is 0 Å². The van der Waals surface area contributed by atoms with Crippen molar-refractivity contribution in [3.8, 4) is 0 Å². The summed E-state index contributed by atoms with van der Waals surface area (Å²) in [5.74, 6) is -2.01. The van der Waals surface area contributed by atoms with Crippen LogP contribution in [0.3, 0.4) is 0 Å². The van der Waals surface area contributed by atoms with Gasteiger partial charge in [0, 0.05) is 26.1 Å². The van der Waals surface area contributed by atoms with Crippen molar-refractivity contribution in [1.29, 1.82) is 0 Å². The lowest BCUT2D eigenvalue weighted by Crippen LogP contribution is -2.59. The Morgan fingerprint density at radius 2 is 2.07 bits per heavy atom. The molecule has 3 fully saturated rings. The largest absolute Gasteiger partial charge is 0.447 e. The molecule has 0 aromatic rings. The minimum atomic E-state index is -1.28. The van der Waals surface area contributed by atoms with Crippen molar-refractivity contribution in [2.45, 2.75) is 49.8 Å². The normalized spacial score (nSPS) is 33.6. The number of amides is 3. The summed E-state index contributed by atoms with van der Waals surface area (Å²) >= 11 is 0.894. The van der Waals surface area contributed by atoms with Crippen molar-refractivity contribution in [1.82, 2.24) is 26.4 Å². The third kappa shape index (κ3) is 5.09. The summed E-state index contributed by atoms with van der Waals surface area (Å²) in [6, 6.07) is 0. The van der Waals surface area contributed by atoms with Crippen LogP contribution in [-0.4, -0.2) is 65.7 Å². The maximum Gasteiger partial charge on any atom is 0.414 e. The first-order valence-corrected chi connectivity index (χ1v) is 10.1. The number of imide groups is 1. The summed E-state index contributed by atoms with van der Waals surface area (Å²) in [5, 5.41) is 9.49. The zero-order chi connectivity index (χ0) is 19.6. The van der Waals surface area contributed by atoms with Crippen LogP contribution in [-0.2, 0) is 14.3 Å². The molecule has 3 heterocycles.